The van der Waals surface area contributed by atoms with E-state index in [1.54, 1.807) is 4.90 Å². The highest BCUT2D eigenvalue weighted by Crippen LogP contribution is 2.26. The average molecular weight is 534 g/mol. The zero-order valence-corrected chi connectivity index (χ0v) is 22.3. The van der Waals surface area contributed by atoms with Crippen molar-refractivity contribution in [2.75, 3.05) is 50.8 Å². The van der Waals surface area contributed by atoms with Crippen molar-refractivity contribution in [1.29, 1.82) is 0 Å². The van der Waals surface area contributed by atoms with E-state index >= 15 is 0 Å². The highest BCUT2D eigenvalue weighted by atomic mass is 35.5. The Balaban J connectivity index is 1.20. The molecule has 0 radical (unpaired) electrons. The van der Waals surface area contributed by atoms with Crippen molar-refractivity contribution in [1.82, 2.24) is 20.0 Å². The van der Waals surface area contributed by atoms with E-state index in [4.69, 9.17) is 16.3 Å². The molecule has 0 saturated carbocycles. The number of ether oxygens (including phenoxy) is 1. The van der Waals surface area contributed by atoms with Gasteiger partial charge in [0.2, 0.25) is 5.91 Å². The molecule has 0 unspecified atom stereocenters. The lowest BCUT2D eigenvalue weighted by Crippen LogP contribution is -2.52. The first-order valence-electron chi connectivity index (χ1n) is 13.1. The second kappa shape index (κ2) is 11.9. The molecule has 1 atom stereocenters. The molecule has 0 bridgehead atoms. The molecule has 0 spiro atoms. The number of hydrogen-bond acceptors (Lipinski definition) is 6. The number of hydrogen-bond donors (Lipinski definition) is 0. The van der Waals surface area contributed by atoms with Crippen LogP contribution < -0.4 is 4.90 Å². The second-order valence-corrected chi connectivity index (χ2v) is 10.2. The molecule has 0 aliphatic carbocycles. The fourth-order valence-corrected chi connectivity index (χ4v) is 5.12. The smallest absolute Gasteiger partial charge is 0.254 e. The third kappa shape index (κ3) is 6.14. The molecule has 2 fully saturated rings. The Labute approximate surface area is 228 Å². The summed E-state index contributed by atoms with van der Waals surface area (Å²) < 4.78 is 5.78. The highest BCUT2D eigenvalue weighted by Gasteiger charge is 2.28. The lowest BCUT2D eigenvalue weighted by Gasteiger charge is -2.36. The number of benzene rings is 2. The van der Waals surface area contributed by atoms with Crippen LogP contribution in [0.1, 0.15) is 28.8 Å². The number of carbonyl (C=O) groups is 2. The van der Waals surface area contributed by atoms with E-state index in [1.807, 2.05) is 72.5 Å². The zero-order valence-electron chi connectivity index (χ0n) is 21.6. The second-order valence-electron chi connectivity index (χ2n) is 9.81. The maximum atomic E-state index is 13.3. The van der Waals surface area contributed by atoms with E-state index in [0.717, 1.165) is 35.5 Å². The largest absolute Gasteiger partial charge is 0.376 e. The van der Waals surface area contributed by atoms with Crippen LogP contribution in [0.4, 0.5) is 5.82 Å². The van der Waals surface area contributed by atoms with Gasteiger partial charge in [0.05, 0.1) is 16.8 Å². The van der Waals surface area contributed by atoms with Crippen molar-refractivity contribution in [2.45, 2.75) is 25.9 Å². The quantitative estimate of drug-likeness (QED) is 0.455. The number of nitrogens with zero attached hydrogens (tertiary/aromatic N) is 5. The highest BCUT2D eigenvalue weighted by molar-refractivity contribution is 6.33. The van der Waals surface area contributed by atoms with Crippen LogP contribution in [-0.4, -0.2) is 83.8 Å². The molecular weight excluding hydrogens is 502 g/mol. The predicted molar refractivity (Wildman–Crippen MR) is 147 cm³/mol. The normalized spacial score (nSPS) is 17.5. The van der Waals surface area contributed by atoms with E-state index in [-0.39, 0.29) is 24.5 Å². The summed E-state index contributed by atoms with van der Waals surface area (Å²) in [6.45, 7) is 5.55. The third-order valence-electron chi connectivity index (χ3n) is 7.12. The third-order valence-corrected chi connectivity index (χ3v) is 7.45. The minimum Gasteiger partial charge on any atom is -0.376 e. The number of aryl methyl sites for hydroxylation is 1. The van der Waals surface area contributed by atoms with Crippen LogP contribution in [0.2, 0.25) is 5.02 Å². The van der Waals surface area contributed by atoms with Crippen LogP contribution in [0.25, 0.3) is 11.3 Å². The molecule has 2 aliphatic heterocycles. The van der Waals surface area contributed by atoms with Gasteiger partial charge in [0.25, 0.3) is 5.91 Å². The van der Waals surface area contributed by atoms with Crippen molar-refractivity contribution < 1.29 is 14.3 Å². The molecule has 1 aromatic heterocycles. The van der Waals surface area contributed by atoms with Crippen molar-refractivity contribution in [3.63, 3.8) is 0 Å². The van der Waals surface area contributed by atoms with Crippen LogP contribution in [0, 0.1) is 6.92 Å². The molecule has 3 aromatic rings. The van der Waals surface area contributed by atoms with Crippen molar-refractivity contribution in [3.05, 3.63) is 76.8 Å². The first kappa shape index (κ1) is 26.1. The standard InChI is InChI=1S/C29H32ClN5O3/c1-21-8-10-22(11-9-21)29(37)35(19-23-5-4-18-38-23)20-28(36)34-16-14-33(15-17-34)27-13-12-26(31-32-27)24-6-2-3-7-25(24)30/h2-3,6-13,23H,4-5,14-20H2,1H3/t23-/m0/s1. The molecule has 9 heteroatoms. The van der Waals surface area contributed by atoms with Crippen LogP contribution >= 0.6 is 11.6 Å². The molecule has 2 aromatic carbocycles. The predicted octanol–water partition coefficient (Wildman–Crippen LogP) is 4.08. The number of amides is 2. The number of piperazine rings is 1. The van der Waals surface area contributed by atoms with Gasteiger partial charge in [0.15, 0.2) is 5.82 Å². The summed E-state index contributed by atoms with van der Waals surface area (Å²) in [5.74, 6) is 0.576. The van der Waals surface area contributed by atoms with Crippen molar-refractivity contribution >= 4 is 29.2 Å². The molecule has 38 heavy (non-hydrogen) atoms. The number of rotatable bonds is 7. The minimum absolute atomic E-state index is 0.0265. The summed E-state index contributed by atoms with van der Waals surface area (Å²) >= 11 is 6.29. The summed E-state index contributed by atoms with van der Waals surface area (Å²) in [4.78, 5) is 32.2. The number of anilines is 1. The Morgan fingerprint density at radius 2 is 1.76 bits per heavy atom. The molecule has 8 nitrogen and oxygen atoms in total. The molecule has 2 aliphatic rings. The maximum absolute atomic E-state index is 13.3. The summed E-state index contributed by atoms with van der Waals surface area (Å²) in [6, 6.07) is 18.9. The molecule has 0 N–H and O–H groups in total. The van der Waals surface area contributed by atoms with E-state index in [0.29, 0.717) is 49.9 Å². The lowest BCUT2D eigenvalue weighted by molar-refractivity contribution is -0.132. The van der Waals surface area contributed by atoms with Gasteiger partial charge in [-0.25, -0.2) is 0 Å². The Morgan fingerprint density at radius 1 is 1.00 bits per heavy atom. The van der Waals surface area contributed by atoms with Gasteiger partial charge in [-0.05, 0) is 50.1 Å². The first-order valence-corrected chi connectivity index (χ1v) is 13.4. The molecule has 2 amide bonds. The zero-order chi connectivity index (χ0) is 26.5. The van der Waals surface area contributed by atoms with Gasteiger partial charge in [-0.3, -0.25) is 9.59 Å². The van der Waals surface area contributed by atoms with Gasteiger partial charge in [0.1, 0.15) is 6.54 Å². The van der Waals surface area contributed by atoms with E-state index in [9.17, 15) is 9.59 Å². The Morgan fingerprint density at radius 3 is 2.42 bits per heavy atom. The monoisotopic (exact) mass is 533 g/mol. The van der Waals surface area contributed by atoms with E-state index in [2.05, 4.69) is 15.1 Å². The molecule has 3 heterocycles. The van der Waals surface area contributed by atoms with Gasteiger partial charge in [-0.15, -0.1) is 10.2 Å². The van der Waals surface area contributed by atoms with Gasteiger partial charge >= 0.3 is 0 Å². The van der Waals surface area contributed by atoms with Crippen molar-refractivity contribution in [2.24, 2.45) is 0 Å². The van der Waals surface area contributed by atoms with E-state index in [1.165, 1.54) is 0 Å². The van der Waals surface area contributed by atoms with Crippen LogP contribution in [0.3, 0.4) is 0 Å². The van der Waals surface area contributed by atoms with Crippen LogP contribution in [-0.2, 0) is 9.53 Å². The molecule has 5 rings (SSSR count). The summed E-state index contributed by atoms with van der Waals surface area (Å²) in [5, 5.41) is 9.41. The van der Waals surface area contributed by atoms with Gasteiger partial charge < -0.3 is 19.4 Å². The van der Waals surface area contributed by atoms with Crippen LogP contribution in [0.5, 0.6) is 0 Å². The molecule has 2 saturated heterocycles. The topological polar surface area (TPSA) is 78.9 Å². The van der Waals surface area contributed by atoms with Gasteiger partial charge in [-0.1, -0.05) is 47.5 Å². The Kier molecular flexibility index (Phi) is 8.20. The fraction of sp³-hybridized carbons (Fsp3) is 0.379. The molecular formula is C29H32ClN5O3. The minimum atomic E-state index is -0.138. The lowest BCUT2D eigenvalue weighted by atomic mass is 10.1. The van der Waals surface area contributed by atoms with E-state index < -0.39 is 0 Å². The average Bonchev–Trinajstić information content (AvgIpc) is 3.46. The summed E-state index contributed by atoms with van der Waals surface area (Å²) in [6.07, 6.45) is 1.86. The Hall–Kier alpha value is -3.49. The number of carbonyl (C=O) groups excluding carboxylic acids is 2. The Bertz CT molecular complexity index is 1250. The van der Waals surface area contributed by atoms with Crippen molar-refractivity contribution in [3.8, 4) is 11.3 Å². The number of aromatic nitrogens is 2. The summed E-state index contributed by atoms with van der Waals surface area (Å²) in [5.41, 5.74) is 3.24. The number of halogens is 1. The molecule has 198 valence electrons. The maximum Gasteiger partial charge on any atom is 0.254 e. The van der Waals surface area contributed by atoms with Gasteiger partial charge in [0, 0.05) is 50.5 Å². The fourth-order valence-electron chi connectivity index (χ4n) is 4.89. The first-order chi connectivity index (χ1) is 18.5. The van der Waals surface area contributed by atoms with Gasteiger partial charge in [-0.2, -0.15) is 0 Å². The van der Waals surface area contributed by atoms with Crippen LogP contribution in [0.15, 0.2) is 60.7 Å². The SMILES string of the molecule is Cc1ccc(C(=O)N(CC(=O)N2CCN(c3ccc(-c4ccccc4Cl)nn3)CC2)C[C@@H]2CCCO2)cc1. The summed E-state index contributed by atoms with van der Waals surface area (Å²) in [7, 11) is 0.